The van der Waals surface area contributed by atoms with E-state index in [9.17, 15) is 9.59 Å². The molecule has 4 rings (SSSR count). The summed E-state index contributed by atoms with van der Waals surface area (Å²) in [6.45, 7) is 2.18. The third kappa shape index (κ3) is 2.85. The molecule has 0 aromatic heterocycles. The Balaban J connectivity index is 1.78. The summed E-state index contributed by atoms with van der Waals surface area (Å²) in [5.74, 6) is -0.326. The number of hydrogen-bond donors (Lipinski definition) is 1. The van der Waals surface area contributed by atoms with Crippen LogP contribution in [-0.4, -0.2) is 11.6 Å². The summed E-state index contributed by atoms with van der Waals surface area (Å²) in [7, 11) is 0. The molecule has 27 heavy (non-hydrogen) atoms. The zero-order valence-corrected chi connectivity index (χ0v) is 15.3. The van der Waals surface area contributed by atoms with E-state index in [2.05, 4.69) is 19.1 Å². The number of carbonyl (C=O) groups excluding carboxylic acids is 2. The summed E-state index contributed by atoms with van der Waals surface area (Å²) < 4.78 is 0. The van der Waals surface area contributed by atoms with Crippen LogP contribution in [0, 0.1) is 0 Å². The van der Waals surface area contributed by atoms with Gasteiger partial charge in [-0.3, -0.25) is 9.59 Å². The molecule has 1 aliphatic carbocycles. The number of nitrogens with two attached hydrogens (primary N) is 1. The van der Waals surface area contributed by atoms with Crippen LogP contribution in [0.4, 0.5) is 5.69 Å². The number of carbonyl (C=O) groups is 2. The minimum Gasteiger partial charge on any atom is -0.398 e. The molecule has 0 unspecified atom stereocenters. The van der Waals surface area contributed by atoms with E-state index in [1.165, 1.54) is 5.56 Å². The molecule has 0 heterocycles. The van der Waals surface area contributed by atoms with E-state index in [1.54, 1.807) is 30.3 Å². The summed E-state index contributed by atoms with van der Waals surface area (Å²) in [5.41, 5.74) is 11.4. The van der Waals surface area contributed by atoms with Crippen LogP contribution in [0.5, 0.6) is 0 Å². The molecule has 0 aliphatic heterocycles. The SMILES string of the molecule is CCCCc1ccc(-c2ccc3c(c2N)C(=O)c2ccccc2C3=O)cc1. The van der Waals surface area contributed by atoms with Crippen LogP contribution < -0.4 is 5.73 Å². The predicted octanol–water partition coefficient (Wildman–Crippen LogP) is 5.05. The Hall–Kier alpha value is -3.20. The Labute approximate surface area is 158 Å². The summed E-state index contributed by atoms with van der Waals surface area (Å²) in [4.78, 5) is 25.8. The van der Waals surface area contributed by atoms with Crippen LogP contribution in [0.25, 0.3) is 11.1 Å². The molecule has 0 spiro atoms. The molecule has 3 aromatic rings. The smallest absolute Gasteiger partial charge is 0.196 e. The van der Waals surface area contributed by atoms with Gasteiger partial charge in [-0.1, -0.05) is 67.9 Å². The Kier molecular flexibility index (Phi) is 4.36. The van der Waals surface area contributed by atoms with Crippen molar-refractivity contribution in [2.24, 2.45) is 0 Å². The summed E-state index contributed by atoms with van der Waals surface area (Å²) >= 11 is 0. The van der Waals surface area contributed by atoms with Gasteiger partial charge in [-0.2, -0.15) is 0 Å². The third-order valence-electron chi connectivity index (χ3n) is 5.22. The molecule has 3 aromatic carbocycles. The van der Waals surface area contributed by atoms with Gasteiger partial charge in [0.25, 0.3) is 0 Å². The van der Waals surface area contributed by atoms with Gasteiger partial charge in [-0.15, -0.1) is 0 Å². The number of benzene rings is 3. The highest BCUT2D eigenvalue weighted by Crippen LogP contribution is 2.36. The van der Waals surface area contributed by atoms with Crippen molar-refractivity contribution in [3.8, 4) is 11.1 Å². The number of aryl methyl sites for hydroxylation is 1. The predicted molar refractivity (Wildman–Crippen MR) is 108 cm³/mol. The maximum Gasteiger partial charge on any atom is 0.196 e. The Morgan fingerprint density at radius 2 is 1.37 bits per heavy atom. The molecule has 3 heteroatoms. The topological polar surface area (TPSA) is 60.2 Å². The van der Waals surface area contributed by atoms with Crippen molar-refractivity contribution in [3.05, 3.63) is 88.5 Å². The molecule has 1 aliphatic rings. The molecule has 0 saturated heterocycles. The van der Waals surface area contributed by atoms with Gasteiger partial charge < -0.3 is 5.73 Å². The van der Waals surface area contributed by atoms with Gasteiger partial charge >= 0.3 is 0 Å². The molecular formula is C24H21NO2. The minimum absolute atomic E-state index is 0.145. The number of fused-ring (bicyclic) bond motifs is 2. The van der Waals surface area contributed by atoms with Gasteiger partial charge in [-0.25, -0.2) is 0 Å². The number of ketones is 2. The van der Waals surface area contributed by atoms with Gasteiger partial charge in [0.1, 0.15) is 0 Å². The van der Waals surface area contributed by atoms with E-state index in [0.717, 1.165) is 30.4 Å². The Morgan fingerprint density at radius 3 is 2.04 bits per heavy atom. The van der Waals surface area contributed by atoms with Crippen molar-refractivity contribution in [1.29, 1.82) is 0 Å². The lowest BCUT2D eigenvalue weighted by atomic mass is 9.81. The van der Waals surface area contributed by atoms with Crippen molar-refractivity contribution >= 4 is 17.3 Å². The highest BCUT2D eigenvalue weighted by Gasteiger charge is 2.31. The van der Waals surface area contributed by atoms with Crippen molar-refractivity contribution in [3.63, 3.8) is 0 Å². The van der Waals surface area contributed by atoms with Crippen molar-refractivity contribution in [1.82, 2.24) is 0 Å². The molecule has 0 atom stereocenters. The highest BCUT2D eigenvalue weighted by molar-refractivity contribution is 6.30. The van der Waals surface area contributed by atoms with Crippen molar-refractivity contribution in [2.45, 2.75) is 26.2 Å². The molecule has 0 radical (unpaired) electrons. The van der Waals surface area contributed by atoms with Crippen LogP contribution in [0.3, 0.4) is 0 Å². The first-order valence-electron chi connectivity index (χ1n) is 9.32. The van der Waals surface area contributed by atoms with Crippen LogP contribution >= 0.6 is 0 Å². The van der Waals surface area contributed by atoms with E-state index in [-0.39, 0.29) is 11.6 Å². The standard InChI is InChI=1S/C24H21NO2/c1-2-3-6-15-9-11-16(12-10-15)17-13-14-20-21(22(17)25)24(27)19-8-5-4-7-18(19)23(20)26/h4-5,7-14H,2-3,6,25H2,1H3. The quantitative estimate of drug-likeness (QED) is 0.521. The van der Waals surface area contributed by atoms with E-state index in [4.69, 9.17) is 5.73 Å². The first kappa shape index (κ1) is 17.2. The van der Waals surface area contributed by atoms with Gasteiger partial charge in [0, 0.05) is 22.3 Å². The fourth-order valence-electron chi connectivity index (χ4n) is 3.70. The Morgan fingerprint density at radius 1 is 0.741 bits per heavy atom. The average molecular weight is 355 g/mol. The van der Waals surface area contributed by atoms with Crippen LogP contribution in [0.1, 0.15) is 57.2 Å². The first-order valence-corrected chi connectivity index (χ1v) is 9.32. The Bertz CT molecular complexity index is 1050. The zero-order valence-electron chi connectivity index (χ0n) is 15.3. The lowest BCUT2D eigenvalue weighted by Crippen LogP contribution is -2.22. The number of rotatable bonds is 4. The number of nitrogen functional groups attached to an aromatic ring is 1. The lowest BCUT2D eigenvalue weighted by Gasteiger charge is -2.20. The van der Waals surface area contributed by atoms with Gasteiger partial charge in [0.05, 0.1) is 11.3 Å². The highest BCUT2D eigenvalue weighted by atomic mass is 16.1. The average Bonchev–Trinajstić information content (AvgIpc) is 2.71. The number of unbranched alkanes of at least 4 members (excludes halogenated alkanes) is 1. The zero-order chi connectivity index (χ0) is 19.0. The molecule has 0 bridgehead atoms. The second kappa shape index (κ2) is 6.84. The molecule has 134 valence electrons. The normalized spacial score (nSPS) is 12.6. The second-order valence-electron chi connectivity index (χ2n) is 6.95. The molecule has 0 amide bonds. The summed E-state index contributed by atoms with van der Waals surface area (Å²) in [6, 6.07) is 18.8. The maximum atomic E-state index is 13.0. The maximum absolute atomic E-state index is 13.0. The fraction of sp³-hybridized carbons (Fsp3) is 0.167. The monoisotopic (exact) mass is 355 g/mol. The van der Waals surface area contributed by atoms with Crippen LogP contribution in [0.2, 0.25) is 0 Å². The van der Waals surface area contributed by atoms with Crippen molar-refractivity contribution in [2.75, 3.05) is 5.73 Å². The lowest BCUT2D eigenvalue weighted by molar-refractivity contribution is 0.0980. The van der Waals surface area contributed by atoms with E-state index < -0.39 is 0 Å². The first-order chi connectivity index (χ1) is 13.1. The third-order valence-corrected chi connectivity index (χ3v) is 5.22. The van der Waals surface area contributed by atoms with Crippen LogP contribution in [-0.2, 0) is 6.42 Å². The van der Waals surface area contributed by atoms with E-state index in [1.807, 2.05) is 18.2 Å². The molecule has 0 saturated carbocycles. The number of hydrogen-bond acceptors (Lipinski definition) is 3. The van der Waals surface area contributed by atoms with Gasteiger partial charge in [0.15, 0.2) is 11.6 Å². The van der Waals surface area contributed by atoms with Crippen LogP contribution in [0.15, 0.2) is 60.7 Å². The van der Waals surface area contributed by atoms with Crippen molar-refractivity contribution < 1.29 is 9.59 Å². The molecule has 3 nitrogen and oxygen atoms in total. The number of anilines is 1. The minimum atomic E-state index is -0.181. The fourth-order valence-corrected chi connectivity index (χ4v) is 3.70. The van der Waals surface area contributed by atoms with Gasteiger partial charge in [0.2, 0.25) is 0 Å². The van der Waals surface area contributed by atoms with E-state index >= 15 is 0 Å². The second-order valence-corrected chi connectivity index (χ2v) is 6.95. The largest absolute Gasteiger partial charge is 0.398 e. The molecule has 2 N–H and O–H groups in total. The molecular weight excluding hydrogens is 334 g/mol. The van der Waals surface area contributed by atoms with Gasteiger partial charge in [-0.05, 0) is 30.0 Å². The van der Waals surface area contributed by atoms with E-state index in [0.29, 0.717) is 27.9 Å². The molecule has 0 fully saturated rings. The summed E-state index contributed by atoms with van der Waals surface area (Å²) in [6.07, 6.45) is 3.38. The summed E-state index contributed by atoms with van der Waals surface area (Å²) in [5, 5.41) is 0.